The topological polar surface area (TPSA) is 95.5 Å². The maximum Gasteiger partial charge on any atom is 0.326 e. The lowest BCUT2D eigenvalue weighted by atomic mass is 10.1. The summed E-state index contributed by atoms with van der Waals surface area (Å²) in [5.41, 5.74) is 0. The van der Waals surface area contributed by atoms with E-state index in [0.29, 0.717) is 13.0 Å². The predicted octanol–water partition coefficient (Wildman–Crippen LogP) is 1.83. The van der Waals surface area contributed by atoms with E-state index in [1.54, 1.807) is 0 Å². The van der Waals surface area contributed by atoms with Crippen molar-refractivity contribution >= 4 is 17.8 Å². The molecule has 0 spiro atoms. The fourth-order valence-corrected chi connectivity index (χ4v) is 1.84. The van der Waals surface area contributed by atoms with E-state index in [1.165, 1.54) is 0 Å². The molecule has 0 aromatic carbocycles. The monoisotopic (exact) mass is 300 g/mol. The highest BCUT2D eigenvalue weighted by atomic mass is 16.4. The van der Waals surface area contributed by atoms with Gasteiger partial charge in [0.1, 0.15) is 6.04 Å². The van der Waals surface area contributed by atoms with Crippen molar-refractivity contribution in [2.45, 2.75) is 71.3 Å². The van der Waals surface area contributed by atoms with Crippen LogP contribution in [0.4, 0.5) is 0 Å². The van der Waals surface area contributed by atoms with Gasteiger partial charge < -0.3 is 15.7 Å². The highest BCUT2D eigenvalue weighted by Gasteiger charge is 2.22. The molecule has 0 aliphatic carbocycles. The van der Waals surface area contributed by atoms with Gasteiger partial charge in [-0.2, -0.15) is 0 Å². The Hall–Kier alpha value is -1.59. The van der Waals surface area contributed by atoms with Gasteiger partial charge in [-0.25, -0.2) is 4.79 Å². The van der Waals surface area contributed by atoms with Gasteiger partial charge in [0.2, 0.25) is 11.8 Å². The van der Waals surface area contributed by atoms with Crippen LogP contribution in [0.5, 0.6) is 0 Å². The van der Waals surface area contributed by atoms with Crippen molar-refractivity contribution in [3.63, 3.8) is 0 Å². The average Bonchev–Trinajstić information content (AvgIpc) is 2.43. The maximum absolute atomic E-state index is 11.7. The lowest BCUT2D eigenvalue weighted by molar-refractivity contribution is -0.143. The summed E-state index contributed by atoms with van der Waals surface area (Å²) in [6, 6.07) is -1.15. The van der Waals surface area contributed by atoms with Gasteiger partial charge in [0.15, 0.2) is 0 Å². The molecule has 21 heavy (non-hydrogen) atoms. The van der Waals surface area contributed by atoms with E-state index in [-0.39, 0.29) is 18.2 Å². The molecule has 0 aliphatic rings. The minimum absolute atomic E-state index is 0.222. The normalized spacial score (nSPS) is 11.7. The first kappa shape index (κ1) is 19.4. The summed E-state index contributed by atoms with van der Waals surface area (Å²) in [5.74, 6) is -1.83. The minimum Gasteiger partial charge on any atom is -0.480 e. The van der Waals surface area contributed by atoms with Crippen LogP contribution in [-0.2, 0) is 14.4 Å². The third kappa shape index (κ3) is 10.8. The van der Waals surface area contributed by atoms with E-state index in [9.17, 15) is 14.4 Å². The van der Waals surface area contributed by atoms with Crippen LogP contribution in [0.15, 0.2) is 0 Å². The molecule has 0 aliphatic heterocycles. The Bertz CT molecular complexity index is 332. The van der Waals surface area contributed by atoms with Gasteiger partial charge >= 0.3 is 5.97 Å². The number of carbonyl (C=O) groups excluding carboxylic acids is 2. The fourth-order valence-electron chi connectivity index (χ4n) is 1.84. The Morgan fingerprint density at radius 1 is 0.952 bits per heavy atom. The van der Waals surface area contributed by atoms with Gasteiger partial charge in [0.25, 0.3) is 0 Å². The zero-order valence-corrected chi connectivity index (χ0v) is 13.1. The molecule has 0 rings (SSSR count). The van der Waals surface area contributed by atoms with E-state index in [4.69, 9.17) is 5.11 Å². The Labute approximate surface area is 126 Å². The predicted molar refractivity (Wildman–Crippen MR) is 80.9 cm³/mol. The van der Waals surface area contributed by atoms with Crippen molar-refractivity contribution in [1.29, 1.82) is 0 Å². The third-order valence-corrected chi connectivity index (χ3v) is 3.13. The number of aliphatic carboxylic acids is 1. The van der Waals surface area contributed by atoms with Gasteiger partial charge in [-0.05, 0) is 12.8 Å². The van der Waals surface area contributed by atoms with Gasteiger partial charge in [0.05, 0.1) is 6.42 Å². The molecule has 0 unspecified atom stereocenters. The number of hydrogen-bond donors (Lipinski definition) is 3. The van der Waals surface area contributed by atoms with E-state index >= 15 is 0 Å². The van der Waals surface area contributed by atoms with E-state index in [2.05, 4.69) is 17.6 Å². The summed E-state index contributed by atoms with van der Waals surface area (Å²) in [6.07, 6.45) is 5.74. The molecule has 0 radical (unpaired) electrons. The summed E-state index contributed by atoms with van der Waals surface area (Å²) in [6.45, 7) is 4.62. The van der Waals surface area contributed by atoms with Gasteiger partial charge in [-0.3, -0.25) is 9.59 Å². The van der Waals surface area contributed by atoms with Crippen LogP contribution in [-0.4, -0.2) is 35.5 Å². The number of nitrogens with one attached hydrogen (secondary N) is 2. The summed E-state index contributed by atoms with van der Waals surface area (Å²) in [7, 11) is 0. The van der Waals surface area contributed by atoms with Crippen LogP contribution in [0.1, 0.15) is 65.2 Å². The van der Waals surface area contributed by atoms with E-state index in [0.717, 1.165) is 38.5 Å². The Morgan fingerprint density at radius 2 is 1.62 bits per heavy atom. The SMILES string of the molecule is CCCCCCC(=O)N[C@@H](CC(=O)NCCCC)C(=O)O. The molecule has 6 nitrogen and oxygen atoms in total. The van der Waals surface area contributed by atoms with E-state index < -0.39 is 12.0 Å². The summed E-state index contributed by atoms with van der Waals surface area (Å²) in [4.78, 5) is 34.3. The lowest BCUT2D eigenvalue weighted by Crippen LogP contribution is -2.44. The molecule has 0 saturated heterocycles. The molecule has 2 amide bonds. The summed E-state index contributed by atoms with van der Waals surface area (Å²) >= 11 is 0. The molecule has 6 heteroatoms. The van der Waals surface area contributed by atoms with Crippen molar-refractivity contribution < 1.29 is 19.5 Å². The first-order chi connectivity index (χ1) is 10.0. The Balaban J connectivity index is 4.08. The maximum atomic E-state index is 11.7. The number of carboxylic acid groups (broad SMARTS) is 1. The fraction of sp³-hybridized carbons (Fsp3) is 0.800. The second-order valence-corrected chi connectivity index (χ2v) is 5.18. The molecule has 0 fully saturated rings. The molecule has 0 heterocycles. The Kier molecular flexibility index (Phi) is 11.3. The van der Waals surface area contributed by atoms with Crippen LogP contribution >= 0.6 is 0 Å². The van der Waals surface area contributed by atoms with Crippen molar-refractivity contribution in [3.8, 4) is 0 Å². The number of hydrogen-bond acceptors (Lipinski definition) is 3. The first-order valence-corrected chi connectivity index (χ1v) is 7.80. The number of unbranched alkanes of at least 4 members (excludes halogenated alkanes) is 4. The van der Waals surface area contributed by atoms with Crippen molar-refractivity contribution in [1.82, 2.24) is 10.6 Å². The highest BCUT2D eigenvalue weighted by molar-refractivity contribution is 5.88. The molecular weight excluding hydrogens is 272 g/mol. The molecule has 122 valence electrons. The van der Waals surface area contributed by atoms with Crippen molar-refractivity contribution in [3.05, 3.63) is 0 Å². The second kappa shape index (κ2) is 12.2. The molecular formula is C15H28N2O4. The number of carbonyl (C=O) groups is 3. The zero-order valence-electron chi connectivity index (χ0n) is 13.1. The van der Waals surface area contributed by atoms with E-state index in [1.807, 2.05) is 6.92 Å². The van der Waals surface area contributed by atoms with Gasteiger partial charge in [-0.15, -0.1) is 0 Å². The lowest BCUT2D eigenvalue weighted by Gasteiger charge is -2.14. The largest absolute Gasteiger partial charge is 0.480 e. The molecule has 3 N–H and O–H groups in total. The Morgan fingerprint density at radius 3 is 2.19 bits per heavy atom. The second-order valence-electron chi connectivity index (χ2n) is 5.18. The standard InChI is InChI=1S/C15H28N2O4/c1-3-5-7-8-9-13(18)17-12(15(20)21)11-14(19)16-10-6-4-2/h12H,3-11H2,1-2H3,(H,16,19)(H,17,18)(H,20,21)/t12-/m0/s1. The molecule has 0 aromatic heterocycles. The summed E-state index contributed by atoms with van der Waals surface area (Å²) < 4.78 is 0. The molecule has 1 atom stereocenters. The number of carboxylic acids is 1. The minimum atomic E-state index is -1.18. The molecule has 0 saturated carbocycles. The van der Waals surface area contributed by atoms with Gasteiger partial charge in [0, 0.05) is 13.0 Å². The first-order valence-electron chi connectivity index (χ1n) is 7.80. The van der Waals surface area contributed by atoms with Crippen molar-refractivity contribution in [2.75, 3.05) is 6.54 Å². The summed E-state index contributed by atoms with van der Waals surface area (Å²) in [5, 5.41) is 14.1. The quantitative estimate of drug-likeness (QED) is 0.479. The molecule has 0 bridgehead atoms. The number of rotatable bonds is 12. The van der Waals surface area contributed by atoms with Crippen LogP contribution < -0.4 is 10.6 Å². The van der Waals surface area contributed by atoms with Crippen LogP contribution in [0.2, 0.25) is 0 Å². The van der Waals surface area contributed by atoms with Gasteiger partial charge in [-0.1, -0.05) is 39.5 Å². The highest BCUT2D eigenvalue weighted by Crippen LogP contribution is 2.03. The third-order valence-electron chi connectivity index (χ3n) is 3.13. The zero-order chi connectivity index (χ0) is 16.1. The average molecular weight is 300 g/mol. The van der Waals surface area contributed by atoms with Crippen LogP contribution in [0.25, 0.3) is 0 Å². The number of amides is 2. The van der Waals surface area contributed by atoms with Crippen LogP contribution in [0.3, 0.4) is 0 Å². The van der Waals surface area contributed by atoms with Crippen molar-refractivity contribution in [2.24, 2.45) is 0 Å². The van der Waals surface area contributed by atoms with Crippen LogP contribution in [0, 0.1) is 0 Å². The molecule has 0 aromatic rings. The smallest absolute Gasteiger partial charge is 0.326 e.